The maximum absolute atomic E-state index is 4.39. The van der Waals surface area contributed by atoms with Crippen molar-refractivity contribution in [2.24, 2.45) is 11.8 Å². The Balaban J connectivity index is 1.88. The molecule has 84 valence electrons. The molecular weight excluding hydrogens is 186 g/mol. The average molecular weight is 207 g/mol. The maximum Gasteiger partial charge on any atom is 0.0521 e. The minimum atomic E-state index is 0.672. The van der Waals surface area contributed by atoms with Gasteiger partial charge in [-0.3, -0.25) is 4.68 Å². The Hall–Kier alpha value is -0.830. The van der Waals surface area contributed by atoms with Crippen LogP contribution in [0.1, 0.15) is 25.8 Å². The number of nitrogens with zero attached hydrogens (tertiary/aromatic N) is 2. The normalized spacial score (nSPS) is 21.4. The zero-order chi connectivity index (χ0) is 10.7. The monoisotopic (exact) mass is 207 g/mol. The molecule has 0 aliphatic carbocycles. The van der Waals surface area contributed by atoms with Gasteiger partial charge < -0.3 is 5.32 Å². The van der Waals surface area contributed by atoms with Gasteiger partial charge in [0.25, 0.3) is 0 Å². The number of hydrogen-bond acceptors (Lipinski definition) is 2. The molecule has 1 saturated heterocycles. The third-order valence-corrected chi connectivity index (χ3v) is 2.93. The van der Waals surface area contributed by atoms with E-state index in [1.807, 2.05) is 6.20 Å². The second-order valence-corrected chi connectivity index (χ2v) is 5.03. The van der Waals surface area contributed by atoms with E-state index in [1.54, 1.807) is 0 Å². The van der Waals surface area contributed by atoms with E-state index in [1.165, 1.54) is 31.5 Å². The summed E-state index contributed by atoms with van der Waals surface area (Å²) in [5.74, 6) is 1.49. The van der Waals surface area contributed by atoms with Crippen LogP contribution < -0.4 is 5.32 Å². The lowest BCUT2D eigenvalue weighted by atomic mass is 10.0. The summed E-state index contributed by atoms with van der Waals surface area (Å²) in [6.45, 7) is 7.84. The minimum Gasteiger partial charge on any atom is -0.316 e. The van der Waals surface area contributed by atoms with E-state index in [2.05, 4.69) is 35.1 Å². The Morgan fingerprint density at radius 3 is 3.13 bits per heavy atom. The van der Waals surface area contributed by atoms with Gasteiger partial charge >= 0.3 is 0 Å². The molecular formula is C12H21N3. The molecule has 0 saturated carbocycles. The predicted molar refractivity (Wildman–Crippen MR) is 61.7 cm³/mol. The maximum atomic E-state index is 4.39. The van der Waals surface area contributed by atoms with Crippen LogP contribution in [0.4, 0.5) is 0 Å². The quantitative estimate of drug-likeness (QED) is 0.814. The molecule has 2 rings (SSSR count). The zero-order valence-electron chi connectivity index (χ0n) is 9.74. The molecule has 1 aromatic heterocycles. The van der Waals surface area contributed by atoms with Crippen LogP contribution in [0.25, 0.3) is 0 Å². The summed E-state index contributed by atoms with van der Waals surface area (Å²) in [6, 6.07) is 0. The van der Waals surface area contributed by atoms with Crippen molar-refractivity contribution < 1.29 is 0 Å². The van der Waals surface area contributed by atoms with Gasteiger partial charge in [0.2, 0.25) is 0 Å². The van der Waals surface area contributed by atoms with Crippen molar-refractivity contribution in [1.82, 2.24) is 15.1 Å². The molecule has 0 aromatic carbocycles. The molecule has 1 aliphatic heterocycles. The standard InChI is InChI=1S/C12H21N3/c1-10(2)8-15-9-12(7-14-15)5-11-3-4-13-6-11/h7,9-11,13H,3-6,8H2,1-2H3. The van der Waals surface area contributed by atoms with Gasteiger partial charge in [-0.1, -0.05) is 13.8 Å². The van der Waals surface area contributed by atoms with Crippen molar-refractivity contribution in [3.8, 4) is 0 Å². The summed E-state index contributed by atoms with van der Waals surface area (Å²) in [5.41, 5.74) is 1.39. The molecule has 1 atom stereocenters. The molecule has 0 radical (unpaired) electrons. The summed E-state index contributed by atoms with van der Waals surface area (Å²) in [4.78, 5) is 0. The van der Waals surface area contributed by atoms with Gasteiger partial charge in [0.1, 0.15) is 0 Å². The van der Waals surface area contributed by atoms with E-state index >= 15 is 0 Å². The summed E-state index contributed by atoms with van der Waals surface area (Å²) in [5, 5.41) is 7.80. The van der Waals surface area contributed by atoms with E-state index in [4.69, 9.17) is 0 Å². The van der Waals surface area contributed by atoms with Crippen LogP contribution in [-0.4, -0.2) is 22.9 Å². The first-order valence-corrected chi connectivity index (χ1v) is 5.96. The lowest BCUT2D eigenvalue weighted by Gasteiger charge is -2.05. The first-order valence-electron chi connectivity index (χ1n) is 5.96. The second kappa shape index (κ2) is 4.79. The Morgan fingerprint density at radius 2 is 2.47 bits per heavy atom. The van der Waals surface area contributed by atoms with Crippen LogP contribution in [0.3, 0.4) is 0 Å². The number of rotatable bonds is 4. The molecule has 0 amide bonds. The molecule has 1 aromatic rings. The van der Waals surface area contributed by atoms with E-state index < -0.39 is 0 Å². The summed E-state index contributed by atoms with van der Waals surface area (Å²) >= 11 is 0. The lowest BCUT2D eigenvalue weighted by molar-refractivity contribution is 0.482. The summed E-state index contributed by atoms with van der Waals surface area (Å²) in [7, 11) is 0. The van der Waals surface area contributed by atoms with Crippen molar-refractivity contribution in [1.29, 1.82) is 0 Å². The van der Waals surface area contributed by atoms with Gasteiger partial charge in [-0.15, -0.1) is 0 Å². The van der Waals surface area contributed by atoms with Crippen LogP contribution >= 0.6 is 0 Å². The van der Waals surface area contributed by atoms with Gasteiger partial charge in [-0.2, -0.15) is 5.10 Å². The molecule has 1 aliphatic rings. The van der Waals surface area contributed by atoms with Crippen molar-refractivity contribution in [2.45, 2.75) is 33.2 Å². The van der Waals surface area contributed by atoms with E-state index in [9.17, 15) is 0 Å². The molecule has 2 heterocycles. The third kappa shape index (κ3) is 3.06. The lowest BCUT2D eigenvalue weighted by Crippen LogP contribution is -2.10. The fraction of sp³-hybridized carbons (Fsp3) is 0.750. The molecule has 3 nitrogen and oxygen atoms in total. The first-order chi connectivity index (χ1) is 7.24. The fourth-order valence-corrected chi connectivity index (χ4v) is 2.21. The highest BCUT2D eigenvalue weighted by atomic mass is 15.3. The Labute approximate surface area is 91.9 Å². The summed E-state index contributed by atoms with van der Waals surface area (Å²) < 4.78 is 2.07. The third-order valence-electron chi connectivity index (χ3n) is 2.93. The molecule has 15 heavy (non-hydrogen) atoms. The molecule has 0 spiro atoms. The Morgan fingerprint density at radius 1 is 1.60 bits per heavy atom. The van der Waals surface area contributed by atoms with Crippen LogP contribution in [0.5, 0.6) is 0 Å². The number of aromatic nitrogens is 2. The molecule has 1 N–H and O–H groups in total. The topological polar surface area (TPSA) is 29.9 Å². The van der Waals surface area contributed by atoms with Gasteiger partial charge in [0, 0.05) is 12.7 Å². The van der Waals surface area contributed by atoms with Crippen molar-refractivity contribution in [3.63, 3.8) is 0 Å². The number of nitrogens with one attached hydrogen (secondary N) is 1. The first kappa shape index (κ1) is 10.7. The van der Waals surface area contributed by atoms with E-state index in [0.29, 0.717) is 5.92 Å². The van der Waals surface area contributed by atoms with Crippen molar-refractivity contribution in [2.75, 3.05) is 13.1 Å². The highest BCUT2D eigenvalue weighted by Crippen LogP contribution is 2.14. The van der Waals surface area contributed by atoms with Gasteiger partial charge in [-0.25, -0.2) is 0 Å². The molecule has 0 bridgehead atoms. The average Bonchev–Trinajstić information content (AvgIpc) is 2.77. The molecule has 3 heteroatoms. The van der Waals surface area contributed by atoms with Crippen LogP contribution in [0.2, 0.25) is 0 Å². The van der Waals surface area contributed by atoms with E-state index in [0.717, 1.165) is 12.5 Å². The van der Waals surface area contributed by atoms with Crippen LogP contribution in [0, 0.1) is 11.8 Å². The smallest absolute Gasteiger partial charge is 0.0521 e. The zero-order valence-corrected chi connectivity index (χ0v) is 9.74. The van der Waals surface area contributed by atoms with E-state index in [-0.39, 0.29) is 0 Å². The number of hydrogen-bond donors (Lipinski definition) is 1. The van der Waals surface area contributed by atoms with Gasteiger partial charge in [0.05, 0.1) is 6.20 Å². The highest BCUT2D eigenvalue weighted by Gasteiger charge is 2.15. The van der Waals surface area contributed by atoms with Gasteiger partial charge in [-0.05, 0) is 43.3 Å². The Kier molecular flexibility index (Phi) is 3.41. The summed E-state index contributed by atoms with van der Waals surface area (Å²) in [6.07, 6.45) is 6.74. The van der Waals surface area contributed by atoms with Crippen molar-refractivity contribution in [3.05, 3.63) is 18.0 Å². The largest absolute Gasteiger partial charge is 0.316 e. The van der Waals surface area contributed by atoms with Gasteiger partial charge in [0.15, 0.2) is 0 Å². The highest BCUT2D eigenvalue weighted by molar-refractivity contribution is 5.05. The van der Waals surface area contributed by atoms with Crippen molar-refractivity contribution >= 4 is 0 Å². The van der Waals surface area contributed by atoms with Crippen LogP contribution in [0.15, 0.2) is 12.4 Å². The SMILES string of the molecule is CC(C)Cn1cc(CC2CCNC2)cn1. The van der Waals surface area contributed by atoms with Crippen LogP contribution in [-0.2, 0) is 13.0 Å². The second-order valence-electron chi connectivity index (χ2n) is 5.03. The molecule has 1 unspecified atom stereocenters. The Bertz CT molecular complexity index is 298. The molecule has 1 fully saturated rings. The minimum absolute atomic E-state index is 0.672. The fourth-order valence-electron chi connectivity index (χ4n) is 2.21. The predicted octanol–water partition coefficient (Wildman–Crippen LogP) is 1.69.